The quantitative estimate of drug-likeness (QED) is 0.747. The van der Waals surface area contributed by atoms with Gasteiger partial charge in [0.1, 0.15) is 23.3 Å². The van der Waals surface area contributed by atoms with Crippen LogP contribution in [-0.2, 0) is 0 Å². The van der Waals surface area contributed by atoms with Crippen molar-refractivity contribution in [3.63, 3.8) is 0 Å². The molecule has 1 N–H and O–H groups in total. The molecule has 1 unspecified atom stereocenters. The lowest BCUT2D eigenvalue weighted by atomic mass is 10.0. The number of aliphatic hydroxyl groups excluding tert-OH is 1. The van der Waals surface area contributed by atoms with Gasteiger partial charge in [0.2, 0.25) is 0 Å². The average Bonchev–Trinajstić information content (AvgIpc) is 2.84. The van der Waals surface area contributed by atoms with Crippen molar-refractivity contribution >= 4 is 22.6 Å². The van der Waals surface area contributed by atoms with Crippen LogP contribution >= 0.6 is 11.6 Å². The Labute approximate surface area is 120 Å². The molecule has 2 nitrogen and oxygen atoms in total. The average molecular weight is 291 g/mol. The number of aliphatic hydroxyl groups is 1. The smallest absolute Gasteiger partial charge is 0.139 e. The second-order valence-electron chi connectivity index (χ2n) is 4.71. The molecular formula is C16H12ClFO2. The SMILES string of the molecule is Cc1cccc(C(O)c2cc3cc(Cl)ccc3o2)c1F. The molecule has 102 valence electrons. The lowest BCUT2D eigenvalue weighted by Gasteiger charge is -2.10. The van der Waals surface area contributed by atoms with Crippen LogP contribution in [0.25, 0.3) is 11.0 Å². The predicted molar refractivity (Wildman–Crippen MR) is 76.4 cm³/mol. The van der Waals surface area contributed by atoms with Crippen LogP contribution in [0.15, 0.2) is 46.9 Å². The van der Waals surface area contributed by atoms with Gasteiger partial charge in [-0.15, -0.1) is 0 Å². The molecule has 0 bridgehead atoms. The minimum absolute atomic E-state index is 0.204. The highest BCUT2D eigenvalue weighted by molar-refractivity contribution is 6.31. The summed E-state index contributed by atoms with van der Waals surface area (Å²) in [4.78, 5) is 0. The first kappa shape index (κ1) is 13.2. The maximum absolute atomic E-state index is 14.0. The van der Waals surface area contributed by atoms with E-state index >= 15 is 0 Å². The van der Waals surface area contributed by atoms with Crippen LogP contribution < -0.4 is 0 Å². The van der Waals surface area contributed by atoms with Crippen LogP contribution in [0.4, 0.5) is 4.39 Å². The number of hydrogen-bond donors (Lipinski definition) is 1. The van der Waals surface area contributed by atoms with Crippen LogP contribution in [0.1, 0.15) is 23.0 Å². The van der Waals surface area contributed by atoms with Gasteiger partial charge < -0.3 is 9.52 Å². The largest absolute Gasteiger partial charge is 0.458 e. The van der Waals surface area contributed by atoms with Crippen molar-refractivity contribution < 1.29 is 13.9 Å². The summed E-state index contributed by atoms with van der Waals surface area (Å²) < 4.78 is 19.6. The van der Waals surface area contributed by atoms with Crippen molar-refractivity contribution in [1.82, 2.24) is 0 Å². The Bertz CT molecular complexity index is 779. The number of benzene rings is 2. The topological polar surface area (TPSA) is 33.4 Å². The standard InChI is InChI=1S/C16H12ClFO2/c1-9-3-2-4-12(15(9)18)16(19)14-8-10-7-11(17)5-6-13(10)20-14/h2-8,16,19H,1H3. The molecule has 0 fully saturated rings. The predicted octanol–water partition coefficient (Wildman–Crippen LogP) is 4.62. The van der Waals surface area contributed by atoms with Crippen molar-refractivity contribution in [3.05, 3.63) is 70.2 Å². The summed E-state index contributed by atoms with van der Waals surface area (Å²) in [5.74, 6) is -0.120. The Kier molecular flexibility index (Phi) is 3.24. The molecular weight excluding hydrogens is 279 g/mol. The summed E-state index contributed by atoms with van der Waals surface area (Å²) in [6.45, 7) is 1.66. The van der Waals surface area contributed by atoms with E-state index in [1.54, 1.807) is 49.4 Å². The Morgan fingerprint density at radius 2 is 2.00 bits per heavy atom. The van der Waals surface area contributed by atoms with Gasteiger partial charge in [0, 0.05) is 16.0 Å². The van der Waals surface area contributed by atoms with E-state index in [0.29, 0.717) is 21.9 Å². The van der Waals surface area contributed by atoms with Crippen molar-refractivity contribution in [3.8, 4) is 0 Å². The first-order valence-corrected chi connectivity index (χ1v) is 6.56. The summed E-state index contributed by atoms with van der Waals surface area (Å²) >= 11 is 5.91. The van der Waals surface area contributed by atoms with E-state index in [2.05, 4.69) is 0 Å². The van der Waals surface area contributed by atoms with Crippen molar-refractivity contribution in [1.29, 1.82) is 0 Å². The molecule has 1 aromatic heterocycles. The van der Waals surface area contributed by atoms with Crippen molar-refractivity contribution in [2.45, 2.75) is 13.0 Å². The molecule has 0 radical (unpaired) electrons. The molecule has 1 atom stereocenters. The number of aryl methyl sites for hydroxylation is 1. The maximum Gasteiger partial charge on any atom is 0.139 e. The minimum atomic E-state index is -1.14. The molecule has 4 heteroatoms. The molecule has 3 aromatic rings. The lowest BCUT2D eigenvalue weighted by molar-refractivity contribution is 0.187. The van der Waals surface area contributed by atoms with E-state index in [9.17, 15) is 9.50 Å². The monoisotopic (exact) mass is 290 g/mol. The van der Waals surface area contributed by atoms with E-state index in [4.69, 9.17) is 16.0 Å². The number of fused-ring (bicyclic) bond motifs is 1. The molecule has 0 aliphatic heterocycles. The molecule has 0 saturated heterocycles. The molecule has 0 saturated carbocycles. The molecule has 3 rings (SSSR count). The zero-order valence-electron chi connectivity index (χ0n) is 10.7. The van der Waals surface area contributed by atoms with Crippen molar-refractivity contribution in [2.75, 3.05) is 0 Å². The first-order valence-electron chi connectivity index (χ1n) is 6.18. The van der Waals surface area contributed by atoms with Gasteiger partial charge in [-0.05, 0) is 36.8 Å². The number of furan rings is 1. The summed E-state index contributed by atoms with van der Waals surface area (Å²) in [5, 5.41) is 11.7. The van der Waals surface area contributed by atoms with E-state index in [0.717, 1.165) is 5.39 Å². The van der Waals surface area contributed by atoms with Crippen LogP contribution in [0, 0.1) is 12.7 Å². The van der Waals surface area contributed by atoms with Crippen LogP contribution in [0.2, 0.25) is 5.02 Å². The van der Waals surface area contributed by atoms with Gasteiger partial charge in [-0.1, -0.05) is 29.8 Å². The highest BCUT2D eigenvalue weighted by Gasteiger charge is 2.20. The van der Waals surface area contributed by atoms with Gasteiger partial charge in [-0.25, -0.2) is 4.39 Å². The van der Waals surface area contributed by atoms with Gasteiger partial charge in [-0.2, -0.15) is 0 Å². The van der Waals surface area contributed by atoms with Crippen molar-refractivity contribution in [2.24, 2.45) is 0 Å². The van der Waals surface area contributed by atoms with Gasteiger partial charge in [0.25, 0.3) is 0 Å². The van der Waals surface area contributed by atoms with Crippen LogP contribution in [-0.4, -0.2) is 5.11 Å². The van der Waals surface area contributed by atoms with Crippen LogP contribution in [0.5, 0.6) is 0 Å². The molecule has 0 amide bonds. The zero-order chi connectivity index (χ0) is 14.3. The Balaban J connectivity index is 2.08. The summed E-state index contributed by atoms with van der Waals surface area (Å²) in [7, 11) is 0. The summed E-state index contributed by atoms with van der Waals surface area (Å²) in [6, 6.07) is 11.8. The van der Waals surface area contributed by atoms with E-state index < -0.39 is 11.9 Å². The second-order valence-corrected chi connectivity index (χ2v) is 5.15. The Hall–Kier alpha value is -1.84. The molecule has 0 aliphatic rings. The van der Waals surface area contributed by atoms with E-state index in [1.807, 2.05) is 0 Å². The third-order valence-corrected chi connectivity index (χ3v) is 3.52. The third kappa shape index (κ3) is 2.19. The van der Waals surface area contributed by atoms with E-state index in [1.165, 1.54) is 0 Å². The van der Waals surface area contributed by atoms with E-state index in [-0.39, 0.29) is 5.56 Å². The molecule has 0 spiro atoms. The fourth-order valence-electron chi connectivity index (χ4n) is 2.20. The van der Waals surface area contributed by atoms with Gasteiger partial charge in [0.05, 0.1) is 0 Å². The molecule has 0 aliphatic carbocycles. The second kappa shape index (κ2) is 4.93. The highest BCUT2D eigenvalue weighted by atomic mass is 35.5. The fourth-order valence-corrected chi connectivity index (χ4v) is 2.38. The number of halogens is 2. The van der Waals surface area contributed by atoms with Crippen LogP contribution in [0.3, 0.4) is 0 Å². The minimum Gasteiger partial charge on any atom is -0.458 e. The lowest BCUT2D eigenvalue weighted by Crippen LogP contribution is -2.02. The molecule has 2 aromatic carbocycles. The maximum atomic E-state index is 14.0. The first-order chi connectivity index (χ1) is 9.56. The summed E-state index contributed by atoms with van der Waals surface area (Å²) in [6.07, 6.45) is -1.14. The normalized spacial score (nSPS) is 12.8. The summed E-state index contributed by atoms with van der Waals surface area (Å²) in [5.41, 5.74) is 1.30. The van der Waals surface area contributed by atoms with Gasteiger partial charge in [-0.3, -0.25) is 0 Å². The fraction of sp³-hybridized carbons (Fsp3) is 0.125. The third-order valence-electron chi connectivity index (χ3n) is 3.28. The number of rotatable bonds is 2. The zero-order valence-corrected chi connectivity index (χ0v) is 11.5. The molecule has 20 heavy (non-hydrogen) atoms. The van der Waals surface area contributed by atoms with Gasteiger partial charge in [0.15, 0.2) is 0 Å². The Morgan fingerprint density at radius 3 is 2.80 bits per heavy atom. The Morgan fingerprint density at radius 1 is 1.20 bits per heavy atom. The highest BCUT2D eigenvalue weighted by Crippen LogP contribution is 2.31. The number of hydrogen-bond acceptors (Lipinski definition) is 2. The molecule has 1 heterocycles. The van der Waals surface area contributed by atoms with Gasteiger partial charge >= 0.3 is 0 Å².